The maximum atomic E-state index is 11.5. The van der Waals surface area contributed by atoms with Gasteiger partial charge in [-0.1, -0.05) is 18.2 Å². The van der Waals surface area contributed by atoms with Crippen molar-refractivity contribution >= 4 is 6.03 Å². The SMILES string of the molecule is COCCNC(=O)NCc1cccc(Oc2ccccn2)c1. The molecule has 0 aliphatic heterocycles. The van der Waals surface area contributed by atoms with Gasteiger partial charge in [-0.15, -0.1) is 0 Å². The van der Waals surface area contributed by atoms with Crippen LogP contribution in [0.4, 0.5) is 4.79 Å². The molecule has 2 rings (SSSR count). The molecule has 0 radical (unpaired) electrons. The van der Waals surface area contributed by atoms with Crippen molar-refractivity contribution in [3.63, 3.8) is 0 Å². The van der Waals surface area contributed by atoms with Crippen LogP contribution in [-0.4, -0.2) is 31.3 Å². The number of urea groups is 1. The minimum Gasteiger partial charge on any atom is -0.439 e. The number of nitrogens with zero attached hydrogens (tertiary/aromatic N) is 1. The fourth-order valence-corrected chi connectivity index (χ4v) is 1.76. The molecule has 0 saturated heterocycles. The molecule has 1 aromatic carbocycles. The van der Waals surface area contributed by atoms with E-state index in [-0.39, 0.29) is 6.03 Å². The maximum Gasteiger partial charge on any atom is 0.315 e. The van der Waals surface area contributed by atoms with Crippen molar-refractivity contribution in [3.05, 3.63) is 54.2 Å². The smallest absolute Gasteiger partial charge is 0.315 e. The van der Waals surface area contributed by atoms with Gasteiger partial charge in [0.2, 0.25) is 5.88 Å². The number of carbonyl (C=O) groups is 1. The van der Waals surface area contributed by atoms with Gasteiger partial charge in [0, 0.05) is 32.5 Å². The molecule has 0 fully saturated rings. The molecule has 0 aliphatic carbocycles. The van der Waals surface area contributed by atoms with Crippen molar-refractivity contribution in [2.75, 3.05) is 20.3 Å². The highest BCUT2D eigenvalue weighted by Gasteiger charge is 2.02. The zero-order valence-electron chi connectivity index (χ0n) is 12.4. The number of carbonyl (C=O) groups excluding carboxylic acids is 1. The number of amides is 2. The van der Waals surface area contributed by atoms with Gasteiger partial charge in [0.15, 0.2) is 0 Å². The van der Waals surface area contributed by atoms with Crippen LogP contribution in [-0.2, 0) is 11.3 Å². The highest BCUT2D eigenvalue weighted by atomic mass is 16.5. The molecular formula is C16H19N3O3. The summed E-state index contributed by atoms with van der Waals surface area (Å²) < 4.78 is 10.5. The van der Waals surface area contributed by atoms with E-state index in [0.29, 0.717) is 31.3 Å². The normalized spacial score (nSPS) is 10.0. The topological polar surface area (TPSA) is 72.5 Å². The largest absolute Gasteiger partial charge is 0.439 e. The standard InChI is InChI=1S/C16H19N3O3/c1-21-10-9-18-16(20)19-12-13-5-4-6-14(11-13)22-15-7-2-3-8-17-15/h2-8,11H,9-10,12H2,1H3,(H2,18,19,20). The number of pyridine rings is 1. The first-order valence-electron chi connectivity index (χ1n) is 6.96. The van der Waals surface area contributed by atoms with Crippen LogP contribution in [0.25, 0.3) is 0 Å². The number of hydrogen-bond donors (Lipinski definition) is 2. The van der Waals surface area contributed by atoms with E-state index in [2.05, 4.69) is 15.6 Å². The molecule has 2 amide bonds. The fraction of sp³-hybridized carbons (Fsp3) is 0.250. The molecule has 0 bridgehead atoms. The third kappa shape index (κ3) is 5.41. The number of ether oxygens (including phenoxy) is 2. The molecule has 0 aliphatic rings. The third-order valence-electron chi connectivity index (χ3n) is 2.80. The Morgan fingerprint density at radius 2 is 2.09 bits per heavy atom. The summed E-state index contributed by atoms with van der Waals surface area (Å²) in [5, 5.41) is 5.46. The van der Waals surface area contributed by atoms with E-state index in [1.165, 1.54) is 0 Å². The lowest BCUT2D eigenvalue weighted by atomic mass is 10.2. The number of nitrogens with one attached hydrogen (secondary N) is 2. The van der Waals surface area contributed by atoms with E-state index in [1.807, 2.05) is 36.4 Å². The first kappa shape index (κ1) is 15.8. The van der Waals surface area contributed by atoms with Crippen molar-refractivity contribution in [1.82, 2.24) is 15.6 Å². The van der Waals surface area contributed by atoms with Crippen LogP contribution in [0.3, 0.4) is 0 Å². The number of benzene rings is 1. The van der Waals surface area contributed by atoms with Crippen LogP contribution >= 0.6 is 0 Å². The Bertz CT molecular complexity index is 590. The van der Waals surface area contributed by atoms with Crippen LogP contribution in [0, 0.1) is 0 Å². The molecule has 0 unspecified atom stereocenters. The van der Waals surface area contributed by atoms with E-state index >= 15 is 0 Å². The lowest BCUT2D eigenvalue weighted by molar-refractivity contribution is 0.196. The lowest BCUT2D eigenvalue weighted by Crippen LogP contribution is -2.36. The molecule has 0 spiro atoms. The zero-order valence-corrected chi connectivity index (χ0v) is 12.4. The molecule has 2 N–H and O–H groups in total. The predicted molar refractivity (Wildman–Crippen MR) is 82.9 cm³/mol. The van der Waals surface area contributed by atoms with Crippen molar-refractivity contribution in [2.24, 2.45) is 0 Å². The predicted octanol–water partition coefficient (Wildman–Crippen LogP) is 2.32. The van der Waals surface area contributed by atoms with E-state index in [9.17, 15) is 4.79 Å². The van der Waals surface area contributed by atoms with Gasteiger partial charge in [-0.05, 0) is 23.8 Å². The van der Waals surface area contributed by atoms with Crippen LogP contribution < -0.4 is 15.4 Å². The molecule has 0 atom stereocenters. The van der Waals surface area contributed by atoms with Crippen LogP contribution in [0.5, 0.6) is 11.6 Å². The summed E-state index contributed by atoms with van der Waals surface area (Å²) in [5.41, 5.74) is 0.940. The van der Waals surface area contributed by atoms with Gasteiger partial charge in [-0.3, -0.25) is 0 Å². The van der Waals surface area contributed by atoms with Gasteiger partial charge in [0.05, 0.1) is 6.61 Å². The van der Waals surface area contributed by atoms with Crippen molar-refractivity contribution in [2.45, 2.75) is 6.54 Å². The Kier molecular flexibility index (Phi) is 6.19. The van der Waals surface area contributed by atoms with Gasteiger partial charge in [-0.2, -0.15) is 0 Å². The minimum atomic E-state index is -0.229. The second kappa shape index (κ2) is 8.63. The molecule has 116 valence electrons. The van der Waals surface area contributed by atoms with Crippen LogP contribution in [0.2, 0.25) is 0 Å². The minimum absolute atomic E-state index is 0.229. The molecular weight excluding hydrogens is 282 g/mol. The Hall–Kier alpha value is -2.60. The lowest BCUT2D eigenvalue weighted by Gasteiger charge is -2.09. The summed E-state index contributed by atoms with van der Waals surface area (Å²) in [6.07, 6.45) is 1.67. The molecule has 0 saturated carbocycles. The Balaban J connectivity index is 1.85. The van der Waals surface area contributed by atoms with Gasteiger partial charge in [0.1, 0.15) is 5.75 Å². The molecule has 1 aromatic heterocycles. The summed E-state index contributed by atoms with van der Waals surface area (Å²) in [6, 6.07) is 12.7. The van der Waals surface area contributed by atoms with E-state index in [4.69, 9.17) is 9.47 Å². The summed E-state index contributed by atoms with van der Waals surface area (Å²) in [4.78, 5) is 15.7. The first-order chi connectivity index (χ1) is 10.8. The first-order valence-corrected chi connectivity index (χ1v) is 6.96. The fourth-order valence-electron chi connectivity index (χ4n) is 1.76. The van der Waals surface area contributed by atoms with Crippen LogP contribution in [0.1, 0.15) is 5.56 Å². The summed E-state index contributed by atoms with van der Waals surface area (Å²) >= 11 is 0. The second-order valence-corrected chi connectivity index (χ2v) is 4.52. The van der Waals surface area contributed by atoms with Gasteiger partial charge in [0.25, 0.3) is 0 Å². The molecule has 6 heteroatoms. The van der Waals surface area contributed by atoms with Crippen molar-refractivity contribution < 1.29 is 14.3 Å². The molecule has 1 heterocycles. The number of rotatable bonds is 7. The number of methoxy groups -OCH3 is 1. The average Bonchev–Trinajstić information content (AvgIpc) is 2.55. The van der Waals surface area contributed by atoms with Crippen molar-refractivity contribution in [1.29, 1.82) is 0 Å². The second-order valence-electron chi connectivity index (χ2n) is 4.52. The van der Waals surface area contributed by atoms with Crippen molar-refractivity contribution in [3.8, 4) is 11.6 Å². The maximum absolute atomic E-state index is 11.5. The molecule has 6 nitrogen and oxygen atoms in total. The third-order valence-corrected chi connectivity index (χ3v) is 2.80. The summed E-state index contributed by atoms with van der Waals surface area (Å²) in [7, 11) is 1.59. The highest BCUT2D eigenvalue weighted by Crippen LogP contribution is 2.19. The molecule has 22 heavy (non-hydrogen) atoms. The Morgan fingerprint density at radius 1 is 1.18 bits per heavy atom. The summed E-state index contributed by atoms with van der Waals surface area (Å²) in [6.45, 7) is 1.38. The van der Waals surface area contributed by atoms with Crippen LogP contribution in [0.15, 0.2) is 48.7 Å². The Labute approximate surface area is 129 Å². The highest BCUT2D eigenvalue weighted by molar-refractivity contribution is 5.73. The van der Waals surface area contributed by atoms with E-state index in [1.54, 1.807) is 19.4 Å². The van der Waals surface area contributed by atoms with E-state index < -0.39 is 0 Å². The van der Waals surface area contributed by atoms with Gasteiger partial charge in [-0.25, -0.2) is 9.78 Å². The Morgan fingerprint density at radius 3 is 2.86 bits per heavy atom. The monoisotopic (exact) mass is 301 g/mol. The number of aromatic nitrogens is 1. The average molecular weight is 301 g/mol. The summed E-state index contributed by atoms with van der Waals surface area (Å²) in [5.74, 6) is 1.21. The number of hydrogen-bond acceptors (Lipinski definition) is 4. The molecule has 2 aromatic rings. The van der Waals surface area contributed by atoms with Gasteiger partial charge >= 0.3 is 6.03 Å². The quantitative estimate of drug-likeness (QED) is 0.770. The van der Waals surface area contributed by atoms with E-state index in [0.717, 1.165) is 5.56 Å². The zero-order chi connectivity index (χ0) is 15.6. The van der Waals surface area contributed by atoms with Gasteiger partial charge < -0.3 is 20.1 Å².